The minimum Gasteiger partial charge on any atom is -0.464 e. The number of hydrogen-bond donors (Lipinski definition) is 0. The largest absolute Gasteiger partial charge is 0.464 e. The van der Waals surface area contributed by atoms with Gasteiger partial charge in [-0.2, -0.15) is 0 Å². The minimum atomic E-state index is -1.10. The van der Waals surface area contributed by atoms with Gasteiger partial charge in [0.15, 0.2) is 0 Å². The number of carbonyl (C=O) groups is 1. The van der Waals surface area contributed by atoms with E-state index in [1.807, 2.05) is 6.92 Å². The Morgan fingerprint density at radius 2 is 2.09 bits per heavy atom. The first-order valence-corrected chi connectivity index (χ1v) is 3.90. The van der Waals surface area contributed by atoms with Gasteiger partial charge in [0.1, 0.15) is 5.54 Å². The van der Waals surface area contributed by atoms with Gasteiger partial charge in [0.25, 0.3) is 0 Å². The summed E-state index contributed by atoms with van der Waals surface area (Å²) in [6.45, 7) is 5.53. The topological polar surface area (TPSA) is 50.1 Å². The molecule has 0 atom stereocenters. The monoisotopic (exact) mass is 158 g/mol. The lowest BCUT2D eigenvalue weighted by Gasteiger charge is -2.14. The first kappa shape index (κ1) is 10.4. The van der Waals surface area contributed by atoms with Gasteiger partial charge in [0, 0.05) is 0 Å². The van der Waals surface area contributed by atoms with E-state index < -0.39 is 11.5 Å². The molecule has 0 aromatic rings. The lowest BCUT2D eigenvalue weighted by Crippen LogP contribution is -2.35. The highest BCUT2D eigenvalue weighted by Crippen LogP contribution is 2.02. The van der Waals surface area contributed by atoms with Crippen LogP contribution in [0.1, 0.15) is 33.6 Å². The highest BCUT2D eigenvalue weighted by molar-refractivity contribution is 5.79. The predicted molar refractivity (Wildman–Crippen MR) is 43.0 cm³/mol. The Labute approximate surface area is 67.9 Å². The molecule has 0 rings (SSSR count). The minimum absolute atomic E-state index is 0.439. The van der Waals surface area contributed by atoms with Crippen molar-refractivity contribution in [3.8, 4) is 0 Å². The van der Waals surface area contributed by atoms with Crippen molar-refractivity contribution in [2.75, 3.05) is 6.61 Å². The van der Waals surface area contributed by atoms with Crippen LogP contribution in [-0.4, -0.2) is 18.1 Å². The van der Waals surface area contributed by atoms with E-state index in [-0.39, 0.29) is 0 Å². The van der Waals surface area contributed by atoms with Gasteiger partial charge in [-0.15, -0.1) is 0 Å². The van der Waals surface area contributed by atoms with E-state index in [0.717, 1.165) is 12.8 Å². The van der Waals surface area contributed by atoms with Crippen LogP contribution in [0.25, 0.3) is 0 Å². The Balaban J connectivity index is 3.54. The summed E-state index contributed by atoms with van der Waals surface area (Å²) in [5, 5.41) is 0. The summed E-state index contributed by atoms with van der Waals surface area (Å²) in [6, 6.07) is 0. The fourth-order valence-electron chi connectivity index (χ4n) is 0.490. The average molecular weight is 158 g/mol. The van der Waals surface area contributed by atoms with Gasteiger partial charge in [0.2, 0.25) is 0 Å². The fraction of sp³-hybridized carbons (Fsp3) is 0.875. The third-order valence-corrected chi connectivity index (χ3v) is 1.24. The smallest absolute Gasteiger partial charge is 0.327 e. The molecule has 0 saturated heterocycles. The molecule has 0 saturated carbocycles. The van der Waals surface area contributed by atoms with Crippen LogP contribution in [-0.2, 0) is 9.53 Å². The van der Waals surface area contributed by atoms with Gasteiger partial charge in [-0.25, -0.2) is 5.73 Å². The summed E-state index contributed by atoms with van der Waals surface area (Å²) in [5.41, 5.74) is 6.20. The van der Waals surface area contributed by atoms with E-state index in [1.54, 1.807) is 0 Å². The van der Waals surface area contributed by atoms with Gasteiger partial charge < -0.3 is 4.74 Å². The Bertz CT molecular complexity index is 127. The molecule has 0 aliphatic rings. The molecule has 0 aromatic heterocycles. The maximum Gasteiger partial charge on any atom is 0.327 e. The number of rotatable bonds is 4. The summed E-state index contributed by atoms with van der Waals surface area (Å²) in [5.74, 6) is -0.439. The Kier molecular flexibility index (Phi) is 4.11. The summed E-state index contributed by atoms with van der Waals surface area (Å²) in [6.07, 6.45) is 1.88. The van der Waals surface area contributed by atoms with Crippen molar-refractivity contribution < 1.29 is 9.53 Å². The quantitative estimate of drug-likeness (QED) is 0.458. The van der Waals surface area contributed by atoms with Crippen LogP contribution in [0.5, 0.6) is 0 Å². The molecule has 0 amide bonds. The SMILES string of the molecule is CCCCOC(=O)C(C)(C)[NH]. The number of hydrogen-bond acceptors (Lipinski definition) is 2. The molecule has 0 fully saturated rings. The summed E-state index contributed by atoms with van der Waals surface area (Å²) in [4.78, 5) is 10.9. The van der Waals surface area contributed by atoms with Crippen LogP contribution in [0.4, 0.5) is 0 Å². The molecular formula is C8H16NO2. The molecule has 3 nitrogen and oxygen atoms in total. The number of ether oxygens (including phenoxy) is 1. The summed E-state index contributed by atoms with van der Waals surface area (Å²) < 4.78 is 4.82. The van der Waals surface area contributed by atoms with Gasteiger partial charge in [0.05, 0.1) is 6.61 Å². The first-order valence-electron chi connectivity index (χ1n) is 3.90. The molecule has 3 heteroatoms. The van der Waals surface area contributed by atoms with Crippen LogP contribution < -0.4 is 5.73 Å². The summed E-state index contributed by atoms with van der Waals surface area (Å²) >= 11 is 0. The lowest BCUT2D eigenvalue weighted by molar-refractivity contribution is -0.149. The lowest BCUT2D eigenvalue weighted by atomic mass is 10.1. The molecule has 1 radical (unpaired) electrons. The van der Waals surface area contributed by atoms with Crippen molar-refractivity contribution in [2.45, 2.75) is 39.2 Å². The zero-order valence-corrected chi connectivity index (χ0v) is 7.44. The highest BCUT2D eigenvalue weighted by Gasteiger charge is 2.24. The Morgan fingerprint density at radius 1 is 1.55 bits per heavy atom. The molecule has 0 aromatic carbocycles. The van der Waals surface area contributed by atoms with E-state index >= 15 is 0 Å². The molecular weight excluding hydrogens is 142 g/mol. The predicted octanol–water partition coefficient (Wildman–Crippen LogP) is 1.39. The van der Waals surface area contributed by atoms with Gasteiger partial charge in [-0.05, 0) is 20.3 Å². The zero-order chi connectivity index (χ0) is 8.91. The maximum absolute atomic E-state index is 10.9. The number of nitrogens with one attached hydrogen (secondary N) is 1. The Hall–Kier alpha value is -0.570. The second kappa shape index (κ2) is 4.34. The normalized spacial score (nSPS) is 11.3. The number of unbranched alkanes of at least 4 members (excludes halogenated alkanes) is 1. The average Bonchev–Trinajstić information content (AvgIpc) is 1.86. The van der Waals surface area contributed by atoms with E-state index in [0.29, 0.717) is 6.61 Å². The van der Waals surface area contributed by atoms with E-state index in [2.05, 4.69) is 0 Å². The molecule has 1 N–H and O–H groups in total. The van der Waals surface area contributed by atoms with Crippen LogP contribution >= 0.6 is 0 Å². The molecule has 0 aliphatic carbocycles. The second-order valence-electron chi connectivity index (χ2n) is 3.11. The molecule has 0 unspecified atom stereocenters. The third-order valence-electron chi connectivity index (χ3n) is 1.24. The van der Waals surface area contributed by atoms with Crippen LogP contribution in [0, 0.1) is 0 Å². The van der Waals surface area contributed by atoms with Crippen LogP contribution in [0.2, 0.25) is 0 Å². The fourth-order valence-corrected chi connectivity index (χ4v) is 0.490. The van der Waals surface area contributed by atoms with Crippen molar-refractivity contribution in [1.82, 2.24) is 5.73 Å². The van der Waals surface area contributed by atoms with Crippen molar-refractivity contribution in [2.24, 2.45) is 0 Å². The van der Waals surface area contributed by atoms with E-state index in [1.165, 1.54) is 13.8 Å². The molecule has 0 heterocycles. The third kappa shape index (κ3) is 4.79. The van der Waals surface area contributed by atoms with E-state index in [4.69, 9.17) is 10.5 Å². The zero-order valence-electron chi connectivity index (χ0n) is 7.44. The van der Waals surface area contributed by atoms with Crippen molar-refractivity contribution in [3.63, 3.8) is 0 Å². The van der Waals surface area contributed by atoms with Crippen molar-refractivity contribution in [1.29, 1.82) is 0 Å². The molecule has 0 spiro atoms. The van der Waals surface area contributed by atoms with Gasteiger partial charge in [-0.3, -0.25) is 4.79 Å². The Morgan fingerprint density at radius 3 is 2.45 bits per heavy atom. The second-order valence-corrected chi connectivity index (χ2v) is 3.11. The standard InChI is InChI=1S/C8H16NO2/c1-4-5-6-11-7(10)8(2,3)9/h9H,4-6H2,1-3H3. The van der Waals surface area contributed by atoms with Crippen molar-refractivity contribution >= 4 is 5.97 Å². The maximum atomic E-state index is 10.9. The highest BCUT2D eigenvalue weighted by atomic mass is 16.5. The molecule has 11 heavy (non-hydrogen) atoms. The first-order chi connectivity index (χ1) is 4.98. The number of carbonyl (C=O) groups excluding carboxylic acids is 1. The molecule has 0 bridgehead atoms. The van der Waals surface area contributed by atoms with Crippen LogP contribution in [0.15, 0.2) is 0 Å². The summed E-state index contributed by atoms with van der Waals surface area (Å²) in [7, 11) is 0. The molecule has 0 aliphatic heterocycles. The van der Waals surface area contributed by atoms with E-state index in [9.17, 15) is 4.79 Å². The molecule has 65 valence electrons. The van der Waals surface area contributed by atoms with Gasteiger partial charge in [-0.1, -0.05) is 13.3 Å². The van der Waals surface area contributed by atoms with Gasteiger partial charge >= 0.3 is 5.97 Å². The van der Waals surface area contributed by atoms with Crippen LogP contribution in [0.3, 0.4) is 0 Å². The number of esters is 1. The van der Waals surface area contributed by atoms with Crippen molar-refractivity contribution in [3.05, 3.63) is 0 Å².